The summed E-state index contributed by atoms with van der Waals surface area (Å²) in [5.74, 6) is 0.284. The molecule has 1 aromatic rings. The molecule has 0 fully saturated rings. The van der Waals surface area contributed by atoms with E-state index in [0.717, 1.165) is 0 Å². The van der Waals surface area contributed by atoms with Crippen molar-refractivity contribution in [3.05, 3.63) is 28.4 Å². The number of fused-ring (bicyclic) bond motifs is 1. The van der Waals surface area contributed by atoms with Crippen LogP contribution in [0.3, 0.4) is 0 Å². The molecule has 0 unspecified atom stereocenters. The highest BCUT2D eigenvalue weighted by Gasteiger charge is 2.30. The van der Waals surface area contributed by atoms with Crippen LogP contribution in [0.4, 0.5) is 0 Å². The number of nitrogens with zero attached hydrogens (tertiary/aromatic N) is 2. The molecule has 0 radical (unpaired) electrons. The molecule has 1 aliphatic rings. The van der Waals surface area contributed by atoms with Crippen molar-refractivity contribution in [1.29, 1.82) is 0 Å². The Morgan fingerprint density at radius 1 is 1.71 bits per heavy atom. The number of carbonyl (C=O) groups is 1. The van der Waals surface area contributed by atoms with E-state index < -0.39 is 6.04 Å². The third kappa shape index (κ3) is 1.21. The average Bonchev–Trinajstić information content (AvgIpc) is 2.62. The molecule has 5 heteroatoms. The topological polar surface area (TPSA) is 61.2 Å². The van der Waals surface area contributed by atoms with Crippen molar-refractivity contribution in [2.75, 3.05) is 7.11 Å². The minimum atomic E-state index is -0.490. The van der Waals surface area contributed by atoms with Crippen LogP contribution in [0.5, 0.6) is 0 Å². The predicted octanol–water partition coefficient (Wildman–Crippen LogP) is -0.0964. The van der Waals surface area contributed by atoms with Crippen LogP contribution in [0.15, 0.2) is 17.1 Å². The molecule has 1 atom stereocenters. The normalized spacial score (nSPS) is 19.1. The molecule has 0 N–H and O–H groups in total. The Kier molecular flexibility index (Phi) is 2.07. The monoisotopic (exact) mass is 194 g/mol. The molecular formula is C9H10N2O3. The van der Waals surface area contributed by atoms with Gasteiger partial charge in [-0.2, -0.15) is 0 Å². The molecule has 0 spiro atoms. The Balaban J connectivity index is 2.48. The highest BCUT2D eigenvalue weighted by molar-refractivity contribution is 5.74. The molecular weight excluding hydrogens is 184 g/mol. The van der Waals surface area contributed by atoms with Crippen molar-refractivity contribution >= 4 is 5.97 Å². The van der Waals surface area contributed by atoms with Gasteiger partial charge < -0.3 is 4.74 Å². The van der Waals surface area contributed by atoms with E-state index in [-0.39, 0.29) is 11.5 Å². The van der Waals surface area contributed by atoms with Crippen molar-refractivity contribution in [2.24, 2.45) is 0 Å². The molecule has 2 heterocycles. The summed E-state index contributed by atoms with van der Waals surface area (Å²) in [5, 5.41) is 0. The summed E-state index contributed by atoms with van der Waals surface area (Å²) in [5.41, 5.74) is -0.192. The maximum Gasteiger partial charge on any atom is 0.329 e. The lowest BCUT2D eigenvalue weighted by atomic mass is 10.2. The molecule has 0 aliphatic carbocycles. The first-order chi connectivity index (χ1) is 6.74. The highest BCUT2D eigenvalue weighted by Crippen LogP contribution is 2.22. The van der Waals surface area contributed by atoms with E-state index in [1.54, 1.807) is 0 Å². The molecule has 1 aromatic heterocycles. The average molecular weight is 194 g/mol. The van der Waals surface area contributed by atoms with E-state index in [4.69, 9.17) is 0 Å². The number of methoxy groups -OCH3 is 1. The Hall–Kier alpha value is -1.65. The van der Waals surface area contributed by atoms with Gasteiger partial charge in [-0.1, -0.05) is 0 Å². The van der Waals surface area contributed by atoms with Crippen LogP contribution in [0.2, 0.25) is 0 Å². The van der Waals surface area contributed by atoms with Crippen molar-refractivity contribution in [3.8, 4) is 0 Å². The van der Waals surface area contributed by atoms with Gasteiger partial charge >= 0.3 is 5.97 Å². The zero-order valence-electron chi connectivity index (χ0n) is 7.77. The van der Waals surface area contributed by atoms with Crippen molar-refractivity contribution < 1.29 is 9.53 Å². The predicted molar refractivity (Wildman–Crippen MR) is 47.9 cm³/mol. The van der Waals surface area contributed by atoms with Crippen LogP contribution in [0.1, 0.15) is 18.3 Å². The smallest absolute Gasteiger partial charge is 0.329 e. The van der Waals surface area contributed by atoms with Gasteiger partial charge in [0.25, 0.3) is 5.56 Å². The van der Waals surface area contributed by atoms with Gasteiger partial charge in [-0.15, -0.1) is 0 Å². The van der Waals surface area contributed by atoms with Gasteiger partial charge in [0, 0.05) is 18.7 Å². The summed E-state index contributed by atoms with van der Waals surface area (Å²) in [7, 11) is 1.32. The number of aryl methyl sites for hydroxylation is 1. The van der Waals surface area contributed by atoms with Crippen molar-refractivity contribution in [2.45, 2.75) is 18.9 Å². The Morgan fingerprint density at radius 2 is 2.50 bits per heavy atom. The number of rotatable bonds is 1. The molecule has 2 rings (SSSR count). The first-order valence-corrected chi connectivity index (χ1v) is 4.38. The second-order valence-corrected chi connectivity index (χ2v) is 3.15. The lowest BCUT2D eigenvalue weighted by Gasteiger charge is -2.10. The molecule has 14 heavy (non-hydrogen) atoms. The third-order valence-corrected chi connectivity index (χ3v) is 2.38. The Labute approximate surface area is 80.3 Å². The van der Waals surface area contributed by atoms with E-state index in [9.17, 15) is 9.59 Å². The standard InChI is InChI=1S/C9H10N2O3/c1-14-9(13)6-2-3-7-10-5-4-8(12)11(6)7/h4-6H,2-3H2,1H3/t6-/m0/s1. The minimum absolute atomic E-state index is 0.192. The van der Waals surface area contributed by atoms with E-state index in [1.165, 1.54) is 23.9 Å². The van der Waals surface area contributed by atoms with Gasteiger partial charge in [-0.3, -0.25) is 9.36 Å². The van der Waals surface area contributed by atoms with Gasteiger partial charge in [0.15, 0.2) is 0 Å². The van der Waals surface area contributed by atoms with Crippen LogP contribution >= 0.6 is 0 Å². The van der Waals surface area contributed by atoms with Gasteiger partial charge in [0.1, 0.15) is 11.9 Å². The highest BCUT2D eigenvalue weighted by atomic mass is 16.5. The molecule has 5 nitrogen and oxygen atoms in total. The molecule has 0 saturated carbocycles. The lowest BCUT2D eigenvalue weighted by molar-refractivity contribution is -0.144. The fourth-order valence-corrected chi connectivity index (χ4v) is 1.73. The zero-order valence-corrected chi connectivity index (χ0v) is 7.77. The second-order valence-electron chi connectivity index (χ2n) is 3.15. The molecule has 74 valence electrons. The van der Waals surface area contributed by atoms with Crippen LogP contribution in [-0.4, -0.2) is 22.6 Å². The largest absolute Gasteiger partial charge is 0.467 e. The number of esters is 1. The molecule has 0 aromatic carbocycles. The number of aromatic nitrogens is 2. The van der Waals surface area contributed by atoms with Crippen LogP contribution in [0.25, 0.3) is 0 Å². The SMILES string of the molecule is COC(=O)[C@@H]1CCc2nccc(=O)n21. The van der Waals surface area contributed by atoms with Gasteiger partial charge in [0.05, 0.1) is 7.11 Å². The summed E-state index contributed by atoms with van der Waals surface area (Å²) in [6, 6.07) is 0.862. The number of carbonyl (C=O) groups excluding carboxylic acids is 1. The fourth-order valence-electron chi connectivity index (χ4n) is 1.73. The van der Waals surface area contributed by atoms with E-state index in [1.807, 2.05) is 0 Å². The summed E-state index contributed by atoms with van der Waals surface area (Å²) in [6.45, 7) is 0. The summed E-state index contributed by atoms with van der Waals surface area (Å²) in [6.07, 6.45) is 2.71. The van der Waals surface area contributed by atoms with E-state index >= 15 is 0 Å². The molecule has 0 bridgehead atoms. The Morgan fingerprint density at radius 3 is 3.21 bits per heavy atom. The maximum absolute atomic E-state index is 11.5. The fraction of sp³-hybridized carbons (Fsp3) is 0.444. The maximum atomic E-state index is 11.5. The summed E-state index contributed by atoms with van der Waals surface area (Å²) in [4.78, 5) is 26.8. The molecule has 0 saturated heterocycles. The number of ether oxygens (including phenoxy) is 1. The summed E-state index contributed by atoms with van der Waals surface area (Å²) < 4.78 is 6.03. The van der Waals surface area contributed by atoms with Crippen LogP contribution in [0, 0.1) is 0 Å². The van der Waals surface area contributed by atoms with Crippen molar-refractivity contribution in [3.63, 3.8) is 0 Å². The second kappa shape index (κ2) is 3.25. The molecule has 0 amide bonds. The van der Waals surface area contributed by atoms with E-state index in [0.29, 0.717) is 18.7 Å². The number of hydrogen-bond donors (Lipinski definition) is 0. The number of hydrogen-bond acceptors (Lipinski definition) is 4. The minimum Gasteiger partial charge on any atom is -0.467 e. The third-order valence-electron chi connectivity index (χ3n) is 2.38. The zero-order chi connectivity index (χ0) is 10.1. The van der Waals surface area contributed by atoms with Gasteiger partial charge in [0.2, 0.25) is 0 Å². The van der Waals surface area contributed by atoms with Crippen LogP contribution in [-0.2, 0) is 16.0 Å². The van der Waals surface area contributed by atoms with Crippen molar-refractivity contribution in [1.82, 2.24) is 9.55 Å². The van der Waals surface area contributed by atoms with Crippen LogP contribution < -0.4 is 5.56 Å². The molecule has 1 aliphatic heterocycles. The van der Waals surface area contributed by atoms with E-state index in [2.05, 4.69) is 9.72 Å². The lowest BCUT2D eigenvalue weighted by Crippen LogP contribution is -2.28. The summed E-state index contributed by atoms with van der Waals surface area (Å²) >= 11 is 0. The first-order valence-electron chi connectivity index (χ1n) is 4.38. The quantitative estimate of drug-likeness (QED) is 0.586. The van der Waals surface area contributed by atoms with Gasteiger partial charge in [-0.25, -0.2) is 9.78 Å². The Bertz CT molecular complexity index is 424. The van der Waals surface area contributed by atoms with Gasteiger partial charge in [-0.05, 0) is 6.42 Å². The first kappa shape index (κ1) is 8.93.